The average Bonchev–Trinajstić information content (AvgIpc) is 2.64. The van der Waals surface area contributed by atoms with Crippen LogP contribution in [0.1, 0.15) is 6.42 Å². The maximum absolute atomic E-state index is 5.94. The van der Waals surface area contributed by atoms with E-state index in [0.29, 0.717) is 19.8 Å². The van der Waals surface area contributed by atoms with Crippen molar-refractivity contribution in [3.63, 3.8) is 0 Å². The molecule has 0 heterocycles. The molecule has 0 spiro atoms. The van der Waals surface area contributed by atoms with Gasteiger partial charge in [0, 0.05) is 0 Å². The Morgan fingerprint density at radius 3 is 2.23 bits per heavy atom. The minimum atomic E-state index is -0.445. The zero-order chi connectivity index (χ0) is 9.47. The van der Waals surface area contributed by atoms with Crippen molar-refractivity contribution in [2.24, 2.45) is 0 Å². The van der Waals surface area contributed by atoms with Crippen molar-refractivity contribution >= 4 is 54.2 Å². The van der Waals surface area contributed by atoms with Gasteiger partial charge in [-0.25, -0.2) is 0 Å². The summed E-state index contributed by atoms with van der Waals surface area (Å²) in [6.07, 6.45) is 0.929. The summed E-state index contributed by atoms with van der Waals surface area (Å²) in [5, 5.41) is 0.776. The van der Waals surface area contributed by atoms with Gasteiger partial charge in [0.05, 0.1) is 0 Å². The fourth-order valence-corrected chi connectivity index (χ4v) is 4.70. The van der Waals surface area contributed by atoms with Crippen LogP contribution in [0.4, 0.5) is 0 Å². The SMILES string of the molecule is Clc1ccc([Se]C2CC2(Cl)Cl)cc1. The second kappa shape index (κ2) is 3.64. The van der Waals surface area contributed by atoms with Gasteiger partial charge < -0.3 is 0 Å². The Labute approximate surface area is 98.7 Å². The van der Waals surface area contributed by atoms with Crippen LogP contribution in [0.5, 0.6) is 0 Å². The fourth-order valence-electron chi connectivity index (χ4n) is 0.994. The first-order valence-corrected chi connectivity index (χ1v) is 6.86. The number of rotatable bonds is 2. The normalized spacial score (nSPS) is 24.4. The molecule has 0 aromatic heterocycles. The summed E-state index contributed by atoms with van der Waals surface area (Å²) in [4.78, 5) is 0.476. The minimum absolute atomic E-state index is 0.383. The summed E-state index contributed by atoms with van der Waals surface area (Å²) in [5.74, 6) is 0. The van der Waals surface area contributed by atoms with Crippen molar-refractivity contribution in [2.75, 3.05) is 0 Å². The molecular formula is C9H7Cl3Se. The van der Waals surface area contributed by atoms with E-state index in [1.807, 2.05) is 24.3 Å². The molecule has 0 saturated heterocycles. The van der Waals surface area contributed by atoms with E-state index in [1.165, 1.54) is 4.46 Å². The molecule has 2 rings (SSSR count). The molecule has 4 heteroatoms. The van der Waals surface area contributed by atoms with Gasteiger partial charge in [0.15, 0.2) is 0 Å². The molecule has 1 saturated carbocycles. The third-order valence-electron chi connectivity index (χ3n) is 1.86. The van der Waals surface area contributed by atoms with E-state index >= 15 is 0 Å². The Balaban J connectivity index is 2.00. The number of benzene rings is 1. The predicted octanol–water partition coefficient (Wildman–Crippen LogP) is 3.04. The fraction of sp³-hybridized carbons (Fsp3) is 0.333. The molecule has 1 aliphatic rings. The van der Waals surface area contributed by atoms with Crippen molar-refractivity contribution in [2.45, 2.75) is 15.6 Å². The Bertz CT molecular complexity index is 307. The second-order valence-corrected chi connectivity index (χ2v) is 7.68. The molecule has 1 atom stereocenters. The van der Waals surface area contributed by atoms with Gasteiger partial charge in [-0.1, -0.05) is 0 Å². The van der Waals surface area contributed by atoms with Gasteiger partial charge in [-0.15, -0.1) is 0 Å². The number of hydrogen-bond donors (Lipinski definition) is 0. The van der Waals surface area contributed by atoms with Gasteiger partial charge in [-0.3, -0.25) is 0 Å². The summed E-state index contributed by atoms with van der Waals surface area (Å²) in [6, 6.07) is 7.91. The van der Waals surface area contributed by atoms with E-state index in [-0.39, 0.29) is 0 Å². The first-order valence-electron chi connectivity index (χ1n) is 3.88. The molecule has 0 nitrogen and oxygen atoms in total. The van der Waals surface area contributed by atoms with Gasteiger partial charge in [-0.05, 0) is 0 Å². The Morgan fingerprint density at radius 2 is 1.77 bits per heavy atom. The standard InChI is InChI=1S/C9H7Cl3Se/c10-6-1-3-7(4-2-6)13-8-5-9(8,11)12/h1-4,8H,5H2. The third-order valence-corrected chi connectivity index (χ3v) is 6.47. The average molecular weight is 300 g/mol. The summed E-state index contributed by atoms with van der Waals surface area (Å²) in [7, 11) is 0. The van der Waals surface area contributed by atoms with Crippen LogP contribution in [0.25, 0.3) is 0 Å². The van der Waals surface area contributed by atoms with E-state index in [4.69, 9.17) is 34.8 Å². The molecule has 70 valence electrons. The molecule has 0 radical (unpaired) electrons. The summed E-state index contributed by atoms with van der Waals surface area (Å²) in [6.45, 7) is 0. The van der Waals surface area contributed by atoms with Crippen molar-refractivity contribution in [1.82, 2.24) is 0 Å². The number of alkyl halides is 2. The van der Waals surface area contributed by atoms with Gasteiger partial charge in [0.2, 0.25) is 0 Å². The monoisotopic (exact) mass is 300 g/mol. The summed E-state index contributed by atoms with van der Waals surface area (Å²) in [5.41, 5.74) is 0. The van der Waals surface area contributed by atoms with Crippen molar-refractivity contribution in [3.8, 4) is 0 Å². The van der Waals surface area contributed by atoms with Crippen LogP contribution in [0.3, 0.4) is 0 Å². The van der Waals surface area contributed by atoms with Crippen LogP contribution >= 0.6 is 34.8 Å². The number of halogens is 3. The number of hydrogen-bond acceptors (Lipinski definition) is 0. The van der Waals surface area contributed by atoms with Gasteiger partial charge in [0.1, 0.15) is 0 Å². The third kappa shape index (κ3) is 2.55. The van der Waals surface area contributed by atoms with Gasteiger partial charge in [0.25, 0.3) is 0 Å². The van der Waals surface area contributed by atoms with Crippen molar-refractivity contribution < 1.29 is 0 Å². The first-order chi connectivity index (χ1) is 6.08. The molecule has 0 N–H and O–H groups in total. The summed E-state index contributed by atoms with van der Waals surface area (Å²) >= 11 is 18.0. The molecule has 1 fully saturated rings. The molecular weight excluding hydrogens is 293 g/mol. The molecule has 1 aromatic rings. The topological polar surface area (TPSA) is 0 Å². The van der Waals surface area contributed by atoms with Crippen LogP contribution in [-0.4, -0.2) is 19.3 Å². The van der Waals surface area contributed by atoms with Crippen LogP contribution in [0.15, 0.2) is 24.3 Å². The first kappa shape index (κ1) is 10.1. The van der Waals surface area contributed by atoms with Crippen LogP contribution in [-0.2, 0) is 0 Å². The van der Waals surface area contributed by atoms with Gasteiger partial charge >= 0.3 is 99.1 Å². The second-order valence-electron chi connectivity index (χ2n) is 3.03. The predicted molar refractivity (Wildman–Crippen MR) is 59.6 cm³/mol. The van der Waals surface area contributed by atoms with E-state index < -0.39 is 4.33 Å². The van der Waals surface area contributed by atoms with Crippen LogP contribution in [0.2, 0.25) is 9.84 Å². The molecule has 1 aliphatic carbocycles. The maximum atomic E-state index is 5.94. The Hall–Kier alpha value is 0.609. The molecule has 1 aromatic carbocycles. The van der Waals surface area contributed by atoms with Gasteiger partial charge in [-0.2, -0.15) is 0 Å². The summed E-state index contributed by atoms with van der Waals surface area (Å²) < 4.78 is 0.865. The van der Waals surface area contributed by atoms with Crippen molar-refractivity contribution in [1.29, 1.82) is 0 Å². The van der Waals surface area contributed by atoms with Crippen LogP contribution < -0.4 is 4.46 Å². The molecule has 0 bridgehead atoms. The molecule has 0 amide bonds. The van der Waals surface area contributed by atoms with Crippen LogP contribution in [0, 0.1) is 0 Å². The zero-order valence-electron chi connectivity index (χ0n) is 6.64. The van der Waals surface area contributed by atoms with E-state index in [1.54, 1.807) is 0 Å². The van der Waals surface area contributed by atoms with Crippen molar-refractivity contribution in [3.05, 3.63) is 29.3 Å². The molecule has 13 heavy (non-hydrogen) atoms. The van der Waals surface area contributed by atoms with E-state index in [9.17, 15) is 0 Å². The molecule has 0 aliphatic heterocycles. The molecule has 1 unspecified atom stereocenters. The zero-order valence-corrected chi connectivity index (χ0v) is 10.6. The quantitative estimate of drug-likeness (QED) is 0.582. The van der Waals surface area contributed by atoms with E-state index in [2.05, 4.69) is 0 Å². The van der Waals surface area contributed by atoms with E-state index in [0.717, 1.165) is 11.4 Å². The Kier molecular flexibility index (Phi) is 2.84. The Morgan fingerprint density at radius 1 is 1.23 bits per heavy atom.